The van der Waals surface area contributed by atoms with Crippen LogP contribution in [0.5, 0.6) is 5.88 Å². The summed E-state index contributed by atoms with van der Waals surface area (Å²) in [6.07, 6.45) is 7.82. The average Bonchev–Trinajstić information content (AvgIpc) is 2.47. The summed E-state index contributed by atoms with van der Waals surface area (Å²) in [7, 11) is 0. The van der Waals surface area contributed by atoms with Crippen LogP contribution in [0.15, 0.2) is 12.3 Å². The highest BCUT2D eigenvalue weighted by atomic mass is 16.5. The molecule has 3 N–H and O–H groups in total. The highest BCUT2D eigenvalue weighted by molar-refractivity contribution is 5.09. The van der Waals surface area contributed by atoms with Gasteiger partial charge in [0.2, 0.25) is 5.88 Å². The number of aliphatic hydroxyl groups excluding tert-OH is 1. The van der Waals surface area contributed by atoms with Crippen molar-refractivity contribution in [2.45, 2.75) is 44.6 Å². The average molecular weight is 265 g/mol. The maximum atomic E-state index is 9.80. The Morgan fingerprint density at radius 2 is 2.16 bits per heavy atom. The number of hydrogen-bond acceptors (Lipinski definition) is 5. The van der Waals surface area contributed by atoms with Crippen LogP contribution in [0.3, 0.4) is 0 Å². The Labute approximate surface area is 114 Å². The zero-order chi connectivity index (χ0) is 13.5. The van der Waals surface area contributed by atoms with Gasteiger partial charge in [-0.2, -0.15) is 4.98 Å². The van der Waals surface area contributed by atoms with Crippen LogP contribution in [0.25, 0.3) is 0 Å². The molecule has 0 bridgehead atoms. The van der Waals surface area contributed by atoms with Crippen LogP contribution in [0.2, 0.25) is 0 Å². The van der Waals surface area contributed by atoms with Crippen molar-refractivity contribution in [2.75, 3.05) is 13.2 Å². The molecule has 0 aliphatic heterocycles. The number of aliphatic hydroxyl groups is 1. The molecule has 5 nitrogen and oxygen atoms in total. The minimum atomic E-state index is -0.705. The number of nitrogens with two attached hydrogens (primary N) is 1. The number of ether oxygens (including phenoxy) is 1. The zero-order valence-electron chi connectivity index (χ0n) is 11.3. The minimum Gasteiger partial charge on any atom is -0.477 e. The van der Waals surface area contributed by atoms with Gasteiger partial charge < -0.3 is 15.6 Å². The van der Waals surface area contributed by atoms with Gasteiger partial charge in [-0.05, 0) is 31.7 Å². The fourth-order valence-corrected chi connectivity index (χ4v) is 2.44. The highest BCUT2D eigenvalue weighted by Crippen LogP contribution is 2.24. The molecule has 1 saturated carbocycles. The lowest BCUT2D eigenvalue weighted by molar-refractivity contribution is 0.156. The Bertz CT molecular complexity index is 381. The van der Waals surface area contributed by atoms with Crippen molar-refractivity contribution < 1.29 is 9.84 Å². The zero-order valence-corrected chi connectivity index (χ0v) is 11.3. The SMILES string of the molecule is NCCC(O)c1nccc(OCC2CCCCC2)n1. The number of hydrogen-bond donors (Lipinski definition) is 2. The molecule has 1 aromatic heterocycles. The molecule has 19 heavy (non-hydrogen) atoms. The monoisotopic (exact) mass is 265 g/mol. The predicted molar refractivity (Wildman–Crippen MR) is 72.7 cm³/mol. The number of rotatable bonds is 6. The van der Waals surface area contributed by atoms with Crippen LogP contribution in [-0.2, 0) is 0 Å². The molecule has 1 unspecified atom stereocenters. The van der Waals surface area contributed by atoms with Crippen LogP contribution in [0.1, 0.15) is 50.5 Å². The molecule has 1 atom stereocenters. The Kier molecular flexibility index (Phi) is 5.54. The molecule has 0 aromatic carbocycles. The van der Waals surface area contributed by atoms with Gasteiger partial charge in [0.05, 0.1) is 6.61 Å². The first kappa shape index (κ1) is 14.2. The molecule has 0 amide bonds. The van der Waals surface area contributed by atoms with Gasteiger partial charge >= 0.3 is 0 Å². The first-order valence-electron chi connectivity index (χ1n) is 7.13. The van der Waals surface area contributed by atoms with Crippen LogP contribution < -0.4 is 10.5 Å². The molecule has 1 heterocycles. The third-order valence-electron chi connectivity index (χ3n) is 3.58. The molecule has 106 valence electrons. The van der Waals surface area contributed by atoms with E-state index in [1.807, 2.05) is 0 Å². The molecule has 1 fully saturated rings. The smallest absolute Gasteiger partial charge is 0.216 e. The molecule has 5 heteroatoms. The molecule has 1 aliphatic carbocycles. The lowest BCUT2D eigenvalue weighted by Crippen LogP contribution is -2.16. The summed E-state index contributed by atoms with van der Waals surface area (Å²) in [5.41, 5.74) is 5.41. The summed E-state index contributed by atoms with van der Waals surface area (Å²) in [4.78, 5) is 8.29. The first-order chi connectivity index (χ1) is 9.29. The first-order valence-corrected chi connectivity index (χ1v) is 7.13. The van der Waals surface area contributed by atoms with Crippen molar-refractivity contribution in [3.8, 4) is 5.88 Å². The van der Waals surface area contributed by atoms with Gasteiger partial charge in [-0.25, -0.2) is 4.98 Å². The maximum Gasteiger partial charge on any atom is 0.216 e. The third kappa shape index (κ3) is 4.44. The van der Waals surface area contributed by atoms with Crippen molar-refractivity contribution >= 4 is 0 Å². The van der Waals surface area contributed by atoms with Crippen LogP contribution in [0, 0.1) is 5.92 Å². The molecule has 0 saturated heterocycles. The van der Waals surface area contributed by atoms with E-state index >= 15 is 0 Å². The summed E-state index contributed by atoms with van der Waals surface area (Å²) < 4.78 is 5.72. The Morgan fingerprint density at radius 3 is 2.89 bits per heavy atom. The predicted octanol–water partition coefficient (Wildman–Crippen LogP) is 1.82. The quantitative estimate of drug-likeness (QED) is 0.820. The minimum absolute atomic E-state index is 0.395. The Morgan fingerprint density at radius 1 is 1.37 bits per heavy atom. The van der Waals surface area contributed by atoms with Gasteiger partial charge in [0.1, 0.15) is 6.10 Å². The molecule has 1 aliphatic rings. The standard InChI is InChI=1S/C14H23N3O2/c15-8-6-12(18)14-16-9-7-13(17-14)19-10-11-4-2-1-3-5-11/h7,9,11-12,18H,1-6,8,10,15H2. The van der Waals surface area contributed by atoms with Crippen LogP contribution >= 0.6 is 0 Å². The molecule has 0 spiro atoms. The van der Waals surface area contributed by atoms with Gasteiger partial charge in [-0.3, -0.25) is 0 Å². The molecular weight excluding hydrogens is 242 g/mol. The maximum absolute atomic E-state index is 9.80. The van der Waals surface area contributed by atoms with Gasteiger partial charge in [-0.1, -0.05) is 19.3 Å². The number of aromatic nitrogens is 2. The van der Waals surface area contributed by atoms with E-state index in [2.05, 4.69) is 9.97 Å². The van der Waals surface area contributed by atoms with Crippen molar-refractivity contribution in [3.05, 3.63) is 18.1 Å². The van der Waals surface area contributed by atoms with Gasteiger partial charge in [-0.15, -0.1) is 0 Å². The van der Waals surface area contributed by atoms with E-state index in [0.29, 0.717) is 37.2 Å². The van der Waals surface area contributed by atoms with E-state index < -0.39 is 6.10 Å². The molecule has 0 radical (unpaired) electrons. The van der Waals surface area contributed by atoms with Crippen molar-refractivity contribution in [1.82, 2.24) is 9.97 Å². The van der Waals surface area contributed by atoms with E-state index in [9.17, 15) is 5.11 Å². The third-order valence-corrected chi connectivity index (χ3v) is 3.58. The van der Waals surface area contributed by atoms with Gasteiger partial charge in [0.25, 0.3) is 0 Å². The summed E-state index contributed by atoms with van der Waals surface area (Å²) >= 11 is 0. The highest BCUT2D eigenvalue weighted by Gasteiger charge is 2.15. The van der Waals surface area contributed by atoms with Crippen LogP contribution in [0.4, 0.5) is 0 Å². The van der Waals surface area contributed by atoms with E-state index in [1.165, 1.54) is 32.1 Å². The van der Waals surface area contributed by atoms with E-state index in [0.717, 1.165) is 0 Å². The van der Waals surface area contributed by atoms with E-state index in [1.54, 1.807) is 12.3 Å². The fraction of sp³-hybridized carbons (Fsp3) is 0.714. The van der Waals surface area contributed by atoms with Crippen molar-refractivity contribution in [1.29, 1.82) is 0 Å². The van der Waals surface area contributed by atoms with Gasteiger partial charge in [0, 0.05) is 12.3 Å². The Balaban J connectivity index is 1.87. The van der Waals surface area contributed by atoms with Gasteiger partial charge in [0.15, 0.2) is 5.82 Å². The summed E-state index contributed by atoms with van der Waals surface area (Å²) in [6, 6.07) is 1.74. The second-order valence-electron chi connectivity index (χ2n) is 5.16. The lowest BCUT2D eigenvalue weighted by atomic mass is 9.90. The molecule has 1 aromatic rings. The lowest BCUT2D eigenvalue weighted by Gasteiger charge is -2.21. The van der Waals surface area contributed by atoms with E-state index in [4.69, 9.17) is 10.5 Å². The fourth-order valence-electron chi connectivity index (χ4n) is 2.44. The van der Waals surface area contributed by atoms with Crippen molar-refractivity contribution in [2.24, 2.45) is 11.7 Å². The molecule has 2 rings (SSSR count). The summed E-state index contributed by atoms with van der Waals surface area (Å²) in [5.74, 6) is 1.58. The largest absolute Gasteiger partial charge is 0.477 e. The Hall–Kier alpha value is -1.20. The van der Waals surface area contributed by atoms with Crippen LogP contribution in [-0.4, -0.2) is 28.2 Å². The second-order valence-corrected chi connectivity index (χ2v) is 5.16. The van der Waals surface area contributed by atoms with Crippen molar-refractivity contribution in [3.63, 3.8) is 0 Å². The summed E-state index contributed by atoms with van der Waals surface area (Å²) in [6.45, 7) is 1.13. The number of nitrogens with zero attached hydrogens (tertiary/aromatic N) is 2. The molecular formula is C14H23N3O2. The normalized spacial score (nSPS) is 18.2. The second kappa shape index (κ2) is 7.40. The summed E-state index contributed by atoms with van der Waals surface area (Å²) in [5, 5.41) is 9.80. The van der Waals surface area contributed by atoms with E-state index in [-0.39, 0.29) is 0 Å². The topological polar surface area (TPSA) is 81.3 Å².